The normalized spacial score (nSPS) is 11.2. The van der Waals surface area contributed by atoms with Crippen LogP contribution in [0.25, 0.3) is 0 Å². The van der Waals surface area contributed by atoms with Crippen molar-refractivity contribution < 1.29 is 0 Å². The lowest BCUT2D eigenvalue weighted by atomic mass is 9.65. The number of hydrogen-bond donors (Lipinski definition) is 0. The lowest BCUT2D eigenvalue weighted by Gasteiger charge is -2.21. The maximum absolute atomic E-state index is 5.78. The molecule has 0 saturated heterocycles. The summed E-state index contributed by atoms with van der Waals surface area (Å²) >= 11 is 0. The molecule has 0 aromatic rings. The smallest absolute Gasteiger partial charge is 0.0801 e. The molecule has 2 radical (unpaired) electrons. The molecule has 0 heterocycles. The zero-order chi connectivity index (χ0) is 6.62. The highest BCUT2D eigenvalue weighted by atomic mass is 14.1. The van der Waals surface area contributed by atoms with Crippen LogP contribution in [0.5, 0.6) is 0 Å². The summed E-state index contributed by atoms with van der Waals surface area (Å²) in [4.78, 5) is 0. The molecule has 0 nitrogen and oxygen atoms in total. The predicted molar refractivity (Wildman–Crippen MR) is 39.2 cm³/mol. The van der Waals surface area contributed by atoms with Crippen LogP contribution in [0.15, 0.2) is 12.7 Å². The summed E-state index contributed by atoms with van der Waals surface area (Å²) in [6.07, 6.45) is 3.78. The molecule has 0 rings (SSSR count). The Labute approximate surface area is 53.4 Å². The SMILES string of the molecule is [B]C(C=C)(CC)CC. The summed E-state index contributed by atoms with van der Waals surface area (Å²) in [7, 11) is 5.78. The molecule has 0 aliphatic heterocycles. The van der Waals surface area contributed by atoms with Crippen LogP contribution in [-0.4, -0.2) is 7.85 Å². The van der Waals surface area contributed by atoms with E-state index >= 15 is 0 Å². The fraction of sp³-hybridized carbons (Fsp3) is 0.714. The minimum absolute atomic E-state index is 0.111. The summed E-state index contributed by atoms with van der Waals surface area (Å²) in [5.41, 5.74) is 0. The van der Waals surface area contributed by atoms with Crippen LogP contribution in [0.3, 0.4) is 0 Å². The van der Waals surface area contributed by atoms with Gasteiger partial charge in [-0.2, -0.15) is 0 Å². The Bertz CT molecular complexity index is 72.5. The highest BCUT2D eigenvalue weighted by Gasteiger charge is 2.12. The van der Waals surface area contributed by atoms with E-state index in [2.05, 4.69) is 20.4 Å². The summed E-state index contributed by atoms with van der Waals surface area (Å²) in [6, 6.07) is 0. The predicted octanol–water partition coefficient (Wildman–Crippen LogP) is 2.32. The zero-order valence-corrected chi connectivity index (χ0v) is 5.78. The van der Waals surface area contributed by atoms with E-state index in [1.807, 2.05) is 6.08 Å². The number of hydrogen-bond acceptors (Lipinski definition) is 0. The molecule has 0 aliphatic rings. The quantitative estimate of drug-likeness (QED) is 0.384. The van der Waals surface area contributed by atoms with Crippen molar-refractivity contribution in [1.29, 1.82) is 0 Å². The van der Waals surface area contributed by atoms with Crippen molar-refractivity contribution in [3.63, 3.8) is 0 Å². The maximum Gasteiger partial charge on any atom is 0.0801 e. The van der Waals surface area contributed by atoms with Gasteiger partial charge in [0.05, 0.1) is 7.85 Å². The van der Waals surface area contributed by atoms with Gasteiger partial charge in [-0.1, -0.05) is 32.8 Å². The lowest BCUT2D eigenvalue weighted by Crippen LogP contribution is -2.04. The first-order valence-corrected chi connectivity index (χ1v) is 3.11. The number of rotatable bonds is 3. The molecule has 44 valence electrons. The second-order valence-electron chi connectivity index (χ2n) is 2.14. The average Bonchev–Trinajstić information content (AvgIpc) is 1.87. The van der Waals surface area contributed by atoms with Crippen LogP contribution in [0, 0.1) is 0 Å². The fourth-order valence-electron chi connectivity index (χ4n) is 0.539. The van der Waals surface area contributed by atoms with Crippen molar-refractivity contribution in [2.45, 2.75) is 32.0 Å². The van der Waals surface area contributed by atoms with E-state index in [-0.39, 0.29) is 5.31 Å². The number of allylic oxidation sites excluding steroid dienone is 1. The fourth-order valence-corrected chi connectivity index (χ4v) is 0.539. The van der Waals surface area contributed by atoms with Crippen molar-refractivity contribution in [2.75, 3.05) is 0 Å². The van der Waals surface area contributed by atoms with Crippen molar-refractivity contribution in [2.24, 2.45) is 0 Å². The molecule has 0 unspecified atom stereocenters. The summed E-state index contributed by atoms with van der Waals surface area (Å²) < 4.78 is 0. The van der Waals surface area contributed by atoms with E-state index in [1.165, 1.54) is 0 Å². The van der Waals surface area contributed by atoms with Crippen molar-refractivity contribution >= 4 is 7.85 Å². The molecule has 1 heteroatoms. The molecular formula is C7H13B. The van der Waals surface area contributed by atoms with E-state index in [4.69, 9.17) is 7.85 Å². The van der Waals surface area contributed by atoms with Gasteiger partial charge in [0.2, 0.25) is 0 Å². The third-order valence-electron chi connectivity index (χ3n) is 1.72. The molecule has 0 bridgehead atoms. The Kier molecular flexibility index (Phi) is 2.89. The van der Waals surface area contributed by atoms with Crippen molar-refractivity contribution in [1.82, 2.24) is 0 Å². The average molecular weight is 108 g/mol. The topological polar surface area (TPSA) is 0 Å². The molecular weight excluding hydrogens is 94.9 g/mol. The first kappa shape index (κ1) is 7.80. The molecule has 0 atom stereocenters. The Morgan fingerprint density at radius 3 is 1.88 bits per heavy atom. The summed E-state index contributed by atoms with van der Waals surface area (Å²) in [5, 5.41) is -0.111. The van der Waals surface area contributed by atoms with Gasteiger partial charge in [0.25, 0.3) is 0 Å². The van der Waals surface area contributed by atoms with E-state index in [0.29, 0.717) is 0 Å². The van der Waals surface area contributed by atoms with Crippen LogP contribution in [0.4, 0.5) is 0 Å². The Morgan fingerprint density at radius 2 is 1.88 bits per heavy atom. The van der Waals surface area contributed by atoms with E-state index in [1.54, 1.807) is 0 Å². The van der Waals surface area contributed by atoms with Crippen molar-refractivity contribution in [3.8, 4) is 0 Å². The van der Waals surface area contributed by atoms with Gasteiger partial charge < -0.3 is 0 Å². The van der Waals surface area contributed by atoms with Crippen LogP contribution in [-0.2, 0) is 0 Å². The van der Waals surface area contributed by atoms with Gasteiger partial charge >= 0.3 is 0 Å². The first-order valence-electron chi connectivity index (χ1n) is 3.11. The zero-order valence-electron chi connectivity index (χ0n) is 5.78. The second kappa shape index (κ2) is 2.96. The van der Waals surface area contributed by atoms with E-state index in [9.17, 15) is 0 Å². The molecule has 0 amide bonds. The van der Waals surface area contributed by atoms with E-state index < -0.39 is 0 Å². The molecule has 0 N–H and O–H groups in total. The van der Waals surface area contributed by atoms with Crippen molar-refractivity contribution in [3.05, 3.63) is 12.7 Å². The van der Waals surface area contributed by atoms with Gasteiger partial charge in [-0.05, 0) is 5.31 Å². The van der Waals surface area contributed by atoms with E-state index in [0.717, 1.165) is 12.8 Å². The van der Waals surface area contributed by atoms with Crippen LogP contribution < -0.4 is 0 Å². The Hall–Kier alpha value is -0.195. The highest BCUT2D eigenvalue weighted by molar-refractivity contribution is 6.16. The minimum atomic E-state index is -0.111. The lowest BCUT2D eigenvalue weighted by molar-refractivity contribution is 0.633. The van der Waals surface area contributed by atoms with Crippen LogP contribution in [0.1, 0.15) is 26.7 Å². The van der Waals surface area contributed by atoms with Gasteiger partial charge in [0, 0.05) is 0 Å². The van der Waals surface area contributed by atoms with Gasteiger partial charge in [-0.25, -0.2) is 0 Å². The van der Waals surface area contributed by atoms with Crippen LogP contribution in [0.2, 0.25) is 5.31 Å². The van der Waals surface area contributed by atoms with Gasteiger partial charge in [-0.3, -0.25) is 0 Å². The summed E-state index contributed by atoms with van der Waals surface area (Å²) in [6.45, 7) is 7.80. The van der Waals surface area contributed by atoms with Crippen LogP contribution >= 0.6 is 0 Å². The third-order valence-corrected chi connectivity index (χ3v) is 1.72. The van der Waals surface area contributed by atoms with Gasteiger partial charge in [0.15, 0.2) is 0 Å². The minimum Gasteiger partial charge on any atom is -0.103 e. The Morgan fingerprint density at radius 1 is 1.50 bits per heavy atom. The molecule has 0 aromatic carbocycles. The molecule has 0 fully saturated rings. The molecule has 8 heavy (non-hydrogen) atoms. The molecule has 0 spiro atoms. The molecule has 0 saturated carbocycles. The second-order valence-corrected chi connectivity index (χ2v) is 2.14. The summed E-state index contributed by atoms with van der Waals surface area (Å²) in [5.74, 6) is 0. The van der Waals surface area contributed by atoms with Gasteiger partial charge in [-0.15, -0.1) is 6.58 Å². The first-order chi connectivity index (χ1) is 3.68. The largest absolute Gasteiger partial charge is 0.103 e. The third kappa shape index (κ3) is 1.73. The Balaban J connectivity index is 3.76. The molecule has 0 aromatic heterocycles. The monoisotopic (exact) mass is 108 g/mol. The van der Waals surface area contributed by atoms with Gasteiger partial charge in [0.1, 0.15) is 0 Å². The highest BCUT2D eigenvalue weighted by Crippen LogP contribution is 2.30. The maximum atomic E-state index is 5.78. The standard InChI is InChI=1S/C7H13B/c1-4-7(8,5-2)6-3/h4H,1,5-6H2,2-3H3. The molecule has 0 aliphatic carbocycles.